The molecule has 134 valence electrons. The van der Waals surface area contributed by atoms with Crippen LogP contribution >= 0.6 is 27.5 Å². The Morgan fingerprint density at radius 1 is 1.38 bits per heavy atom. The van der Waals surface area contributed by atoms with E-state index < -0.39 is 0 Å². The van der Waals surface area contributed by atoms with Gasteiger partial charge in [0.1, 0.15) is 4.88 Å². The van der Waals surface area contributed by atoms with E-state index in [1.165, 1.54) is 6.20 Å². The number of nitrogens with one attached hydrogen (secondary N) is 1. The monoisotopic (exact) mass is 434 g/mol. The Labute approximate surface area is 162 Å². The summed E-state index contributed by atoms with van der Waals surface area (Å²) in [5.74, 6) is 1.03. The number of ether oxygens (including phenoxy) is 2. The number of carbonyl (C=O) groups excluding carboxylic acids is 1. The van der Waals surface area contributed by atoms with Crippen LogP contribution in [0, 0.1) is 6.92 Å². The molecule has 1 aromatic heterocycles. The van der Waals surface area contributed by atoms with Gasteiger partial charge in [-0.25, -0.2) is 0 Å². The minimum atomic E-state index is -0.297. The first-order chi connectivity index (χ1) is 12.5. The van der Waals surface area contributed by atoms with Crippen LogP contribution in [-0.4, -0.2) is 22.3 Å². The first kappa shape index (κ1) is 18.2. The molecule has 9 heteroatoms. The molecule has 7 nitrogen and oxygen atoms in total. The fourth-order valence-electron chi connectivity index (χ4n) is 2.25. The second-order valence-corrected chi connectivity index (χ2v) is 6.92. The lowest BCUT2D eigenvalue weighted by Crippen LogP contribution is -2.21. The summed E-state index contributed by atoms with van der Waals surface area (Å²) >= 11 is 4.54. The summed E-state index contributed by atoms with van der Waals surface area (Å²) in [6, 6.07) is 3.66. The van der Waals surface area contributed by atoms with E-state index in [2.05, 4.69) is 37.4 Å². The maximum Gasteiger partial charge on any atom is 0.269 e. The molecule has 0 radical (unpaired) electrons. The van der Waals surface area contributed by atoms with Gasteiger partial charge >= 0.3 is 0 Å². The quantitative estimate of drug-likeness (QED) is 0.701. The van der Waals surface area contributed by atoms with Crippen molar-refractivity contribution in [1.82, 2.24) is 14.9 Å². The van der Waals surface area contributed by atoms with Crippen molar-refractivity contribution in [2.45, 2.75) is 6.92 Å². The van der Waals surface area contributed by atoms with Crippen molar-refractivity contribution in [3.63, 3.8) is 0 Å². The van der Waals surface area contributed by atoms with E-state index in [-0.39, 0.29) is 12.7 Å². The van der Waals surface area contributed by atoms with E-state index in [0.717, 1.165) is 27.1 Å². The smallest absolute Gasteiger partial charge is 0.269 e. The molecule has 0 atom stereocenters. The van der Waals surface area contributed by atoms with E-state index in [1.807, 2.05) is 12.1 Å². The van der Waals surface area contributed by atoms with Gasteiger partial charge in [-0.15, -0.1) is 5.10 Å². The third kappa shape index (κ3) is 3.78. The molecule has 26 heavy (non-hydrogen) atoms. The third-order valence-electron chi connectivity index (χ3n) is 3.55. The number of aromatic nitrogens is 2. The molecule has 1 aliphatic heterocycles. The van der Waals surface area contributed by atoms with Crippen molar-refractivity contribution in [3.05, 3.63) is 63.4 Å². The van der Waals surface area contributed by atoms with E-state index in [0.29, 0.717) is 27.8 Å². The van der Waals surface area contributed by atoms with E-state index >= 15 is 0 Å². The first-order valence-electron chi connectivity index (χ1n) is 7.48. The molecule has 3 N–H and O–H groups in total. The standard InChI is InChI=1S/C17H15BrN4O3S/c1-9(20-17(23)16-10(2)21-22-26-16)3-4-11(7-19)12-5-14-15(6-13(12)18)25-8-24-14/h3-7H,1,8,19H2,2H3,(H,20,23)/b4-3-,11-7+. The van der Waals surface area contributed by atoms with Gasteiger partial charge in [0.2, 0.25) is 6.79 Å². The fourth-order valence-corrected chi connectivity index (χ4v) is 3.35. The molecule has 0 saturated heterocycles. The molecule has 0 aliphatic carbocycles. The molecule has 1 aromatic carbocycles. The lowest BCUT2D eigenvalue weighted by atomic mass is 10.1. The second kappa shape index (κ2) is 7.71. The Balaban J connectivity index is 1.73. The zero-order valence-electron chi connectivity index (χ0n) is 13.8. The minimum Gasteiger partial charge on any atom is -0.454 e. The Morgan fingerprint density at radius 3 is 2.77 bits per heavy atom. The van der Waals surface area contributed by atoms with E-state index in [1.54, 1.807) is 19.1 Å². The molecular formula is C17H15BrN4O3S. The number of hydrogen-bond donors (Lipinski definition) is 2. The largest absolute Gasteiger partial charge is 0.454 e. The molecule has 1 amide bonds. The van der Waals surface area contributed by atoms with Gasteiger partial charge in [0.15, 0.2) is 11.5 Å². The SMILES string of the molecule is C=C(/C=C\C(=C/N)c1cc2c(cc1Br)OCO2)NC(=O)c1snnc1C. The maximum absolute atomic E-state index is 12.2. The highest BCUT2D eigenvalue weighted by Crippen LogP contribution is 2.39. The summed E-state index contributed by atoms with van der Waals surface area (Å²) in [7, 11) is 0. The van der Waals surface area contributed by atoms with Crippen molar-refractivity contribution in [1.29, 1.82) is 0 Å². The zero-order valence-corrected chi connectivity index (χ0v) is 16.2. The number of hydrogen-bond acceptors (Lipinski definition) is 7. The van der Waals surface area contributed by atoms with Gasteiger partial charge in [0, 0.05) is 21.9 Å². The Kier molecular flexibility index (Phi) is 5.38. The van der Waals surface area contributed by atoms with Gasteiger partial charge in [0.25, 0.3) is 5.91 Å². The van der Waals surface area contributed by atoms with Gasteiger partial charge in [-0.2, -0.15) is 0 Å². The van der Waals surface area contributed by atoms with E-state index in [9.17, 15) is 4.79 Å². The van der Waals surface area contributed by atoms with Crippen LogP contribution in [0.3, 0.4) is 0 Å². The molecule has 2 heterocycles. The molecule has 1 aliphatic rings. The van der Waals surface area contributed by atoms with Gasteiger partial charge in [-0.05, 0) is 42.2 Å². The van der Waals surface area contributed by atoms with Crippen LogP contribution in [0.5, 0.6) is 11.5 Å². The molecule has 0 spiro atoms. The van der Waals surface area contributed by atoms with Crippen molar-refractivity contribution >= 4 is 38.9 Å². The number of allylic oxidation sites excluding steroid dienone is 3. The fraction of sp³-hybridized carbons (Fsp3) is 0.118. The van der Waals surface area contributed by atoms with Crippen LogP contribution in [-0.2, 0) is 0 Å². The second-order valence-electron chi connectivity index (χ2n) is 5.31. The van der Waals surface area contributed by atoms with Crippen LogP contribution < -0.4 is 20.5 Å². The topological polar surface area (TPSA) is 99.4 Å². The number of amides is 1. The number of nitrogens with zero attached hydrogens (tertiary/aromatic N) is 2. The Bertz CT molecular complexity index is 936. The number of benzene rings is 1. The molecule has 0 saturated carbocycles. The summed E-state index contributed by atoms with van der Waals surface area (Å²) in [6.07, 6.45) is 4.88. The van der Waals surface area contributed by atoms with Crippen LogP contribution in [0.4, 0.5) is 0 Å². The zero-order chi connectivity index (χ0) is 18.7. The van der Waals surface area contributed by atoms with Gasteiger partial charge < -0.3 is 20.5 Å². The molecule has 3 rings (SSSR count). The summed E-state index contributed by atoms with van der Waals surface area (Å²) in [5.41, 5.74) is 8.31. The van der Waals surface area contributed by atoms with Gasteiger partial charge in [-0.1, -0.05) is 33.1 Å². The summed E-state index contributed by atoms with van der Waals surface area (Å²) in [6.45, 7) is 5.75. The number of aryl methyl sites for hydroxylation is 1. The van der Waals surface area contributed by atoms with Crippen molar-refractivity contribution < 1.29 is 14.3 Å². The highest BCUT2D eigenvalue weighted by Gasteiger charge is 2.17. The average molecular weight is 435 g/mol. The molecule has 2 aromatic rings. The highest BCUT2D eigenvalue weighted by molar-refractivity contribution is 9.10. The van der Waals surface area contributed by atoms with Crippen LogP contribution in [0.25, 0.3) is 5.57 Å². The third-order valence-corrected chi connectivity index (χ3v) is 5.03. The number of rotatable bonds is 5. The lowest BCUT2D eigenvalue weighted by molar-refractivity contribution is 0.0970. The summed E-state index contributed by atoms with van der Waals surface area (Å²) < 4.78 is 15.3. The first-order valence-corrected chi connectivity index (χ1v) is 9.05. The predicted octanol–water partition coefficient (Wildman–Crippen LogP) is 3.14. The van der Waals surface area contributed by atoms with Crippen LogP contribution in [0.2, 0.25) is 0 Å². The van der Waals surface area contributed by atoms with E-state index in [4.69, 9.17) is 15.2 Å². The average Bonchev–Trinajstić information content (AvgIpc) is 3.23. The van der Waals surface area contributed by atoms with Crippen LogP contribution in [0.1, 0.15) is 20.9 Å². The summed E-state index contributed by atoms with van der Waals surface area (Å²) in [4.78, 5) is 12.6. The number of carbonyl (C=O) groups is 1. The lowest BCUT2D eigenvalue weighted by Gasteiger charge is -2.08. The molecule has 0 bridgehead atoms. The summed E-state index contributed by atoms with van der Waals surface area (Å²) in [5, 5.41) is 6.51. The van der Waals surface area contributed by atoms with Crippen molar-refractivity contribution in [2.75, 3.05) is 6.79 Å². The maximum atomic E-state index is 12.2. The Hall–Kier alpha value is -2.65. The van der Waals surface area contributed by atoms with Gasteiger partial charge in [0.05, 0.1) is 5.69 Å². The van der Waals surface area contributed by atoms with Crippen LogP contribution in [0.15, 0.2) is 47.2 Å². The minimum absolute atomic E-state index is 0.192. The number of halogens is 1. The number of fused-ring (bicyclic) bond motifs is 1. The predicted molar refractivity (Wildman–Crippen MR) is 103 cm³/mol. The van der Waals surface area contributed by atoms with Crippen molar-refractivity contribution in [3.8, 4) is 11.5 Å². The molecule has 0 unspecified atom stereocenters. The Morgan fingerprint density at radius 2 is 2.12 bits per heavy atom. The molecule has 0 fully saturated rings. The highest BCUT2D eigenvalue weighted by atomic mass is 79.9. The van der Waals surface area contributed by atoms with Gasteiger partial charge in [-0.3, -0.25) is 4.79 Å². The van der Waals surface area contributed by atoms with Crippen molar-refractivity contribution in [2.24, 2.45) is 5.73 Å². The normalized spacial score (nSPS) is 13.2. The molecular weight excluding hydrogens is 420 g/mol. The number of nitrogens with two attached hydrogens (primary N) is 1.